The Bertz CT molecular complexity index is 707. The Morgan fingerprint density at radius 3 is 2.89 bits per heavy atom. The number of guanidine groups is 1. The minimum Gasteiger partial charge on any atom is -0.376 e. The van der Waals surface area contributed by atoms with Gasteiger partial charge >= 0.3 is 0 Å². The zero-order chi connectivity index (χ0) is 18.2. The van der Waals surface area contributed by atoms with Crippen LogP contribution in [-0.4, -0.2) is 42.6 Å². The maximum atomic E-state index is 5.91. The van der Waals surface area contributed by atoms with Crippen LogP contribution in [0.2, 0.25) is 0 Å². The minimum atomic E-state index is 0. The van der Waals surface area contributed by atoms with Gasteiger partial charge in [-0.1, -0.05) is 37.3 Å². The molecule has 1 unspecified atom stereocenters. The van der Waals surface area contributed by atoms with Crippen LogP contribution in [0.4, 0.5) is 0 Å². The molecule has 148 valence electrons. The number of aromatic nitrogens is 1. The summed E-state index contributed by atoms with van der Waals surface area (Å²) >= 11 is 1.73. The second kappa shape index (κ2) is 11.6. The summed E-state index contributed by atoms with van der Waals surface area (Å²) in [5.74, 6) is 1.52. The van der Waals surface area contributed by atoms with Crippen LogP contribution in [0.5, 0.6) is 0 Å². The van der Waals surface area contributed by atoms with Gasteiger partial charge in [0, 0.05) is 31.4 Å². The highest BCUT2D eigenvalue weighted by atomic mass is 127. The smallest absolute Gasteiger partial charge is 0.193 e. The lowest BCUT2D eigenvalue weighted by atomic mass is 10.1. The summed E-state index contributed by atoms with van der Waals surface area (Å²) in [5, 5.41) is 6.76. The van der Waals surface area contributed by atoms with E-state index in [0.29, 0.717) is 12.5 Å². The van der Waals surface area contributed by atoms with Gasteiger partial charge in [-0.05, 0) is 18.4 Å². The summed E-state index contributed by atoms with van der Waals surface area (Å²) in [4.78, 5) is 11.4. The predicted molar refractivity (Wildman–Crippen MR) is 123 cm³/mol. The molecule has 5 nitrogen and oxygen atoms in total. The topological polar surface area (TPSA) is 49.8 Å². The van der Waals surface area contributed by atoms with E-state index in [2.05, 4.69) is 56.8 Å². The van der Waals surface area contributed by atoms with Crippen LogP contribution in [0.15, 0.2) is 40.7 Å². The van der Waals surface area contributed by atoms with Gasteiger partial charge < -0.3 is 15.0 Å². The molecule has 0 saturated carbocycles. The highest BCUT2D eigenvalue weighted by Crippen LogP contribution is 2.18. The summed E-state index contributed by atoms with van der Waals surface area (Å²) in [6.45, 7) is 6.37. The van der Waals surface area contributed by atoms with Crippen LogP contribution in [0.1, 0.15) is 29.6 Å². The largest absolute Gasteiger partial charge is 0.376 e. The van der Waals surface area contributed by atoms with E-state index >= 15 is 0 Å². The maximum absolute atomic E-state index is 5.91. The average molecular weight is 500 g/mol. The lowest BCUT2D eigenvalue weighted by Crippen LogP contribution is -2.39. The number of ether oxygens (including phenoxy) is 1. The standard InChI is InChI=1S/C20H28N4OS.HI/c1-3-19-23-18(15-26-19)11-22-20(21-2)24-10-9-17(12-24)14-25-13-16-7-5-4-6-8-16;/h4-8,15,17H,3,9-14H2,1-2H3,(H,21,22);1H. The first-order valence-corrected chi connectivity index (χ1v) is 10.2. The van der Waals surface area contributed by atoms with Gasteiger partial charge in [0.15, 0.2) is 5.96 Å². The van der Waals surface area contributed by atoms with Gasteiger partial charge in [0.2, 0.25) is 0 Å². The van der Waals surface area contributed by atoms with Crippen molar-refractivity contribution in [3.05, 3.63) is 52.0 Å². The van der Waals surface area contributed by atoms with E-state index in [-0.39, 0.29) is 24.0 Å². The van der Waals surface area contributed by atoms with Gasteiger partial charge in [0.1, 0.15) is 0 Å². The number of hydrogen-bond donors (Lipinski definition) is 1. The van der Waals surface area contributed by atoms with Crippen LogP contribution < -0.4 is 5.32 Å². The van der Waals surface area contributed by atoms with Gasteiger partial charge in [0.25, 0.3) is 0 Å². The van der Waals surface area contributed by atoms with E-state index in [1.165, 1.54) is 10.6 Å². The summed E-state index contributed by atoms with van der Waals surface area (Å²) in [6, 6.07) is 10.4. The van der Waals surface area contributed by atoms with Gasteiger partial charge in [-0.25, -0.2) is 4.98 Å². The Hall–Kier alpha value is -1.19. The minimum absolute atomic E-state index is 0. The molecule has 1 aliphatic rings. The Morgan fingerprint density at radius 2 is 2.19 bits per heavy atom. The predicted octanol–water partition coefficient (Wildman–Crippen LogP) is 3.94. The SMILES string of the molecule is CCc1nc(CNC(=NC)N2CCC(COCc3ccccc3)C2)cs1.I. The molecule has 0 bridgehead atoms. The molecule has 2 aromatic rings. The number of benzene rings is 1. The van der Waals surface area contributed by atoms with Crippen molar-refractivity contribution >= 4 is 41.3 Å². The van der Waals surface area contributed by atoms with Crippen LogP contribution in [0.3, 0.4) is 0 Å². The third-order valence-corrected chi connectivity index (χ3v) is 5.63. The van der Waals surface area contributed by atoms with Crippen molar-refractivity contribution in [1.82, 2.24) is 15.2 Å². The number of thiazole rings is 1. The molecule has 1 aromatic heterocycles. The monoisotopic (exact) mass is 500 g/mol. The highest BCUT2D eigenvalue weighted by Gasteiger charge is 2.25. The molecule has 0 aliphatic carbocycles. The number of hydrogen-bond acceptors (Lipinski definition) is 4. The highest BCUT2D eigenvalue weighted by molar-refractivity contribution is 14.0. The zero-order valence-corrected chi connectivity index (χ0v) is 19.2. The van der Waals surface area contributed by atoms with Crippen molar-refractivity contribution in [2.75, 3.05) is 26.7 Å². The van der Waals surface area contributed by atoms with Crippen LogP contribution in [0, 0.1) is 5.92 Å². The number of aliphatic imine (C=N–C) groups is 1. The Kier molecular flexibility index (Phi) is 9.50. The summed E-state index contributed by atoms with van der Waals surface area (Å²) in [7, 11) is 1.85. The molecule has 1 N–H and O–H groups in total. The van der Waals surface area contributed by atoms with Crippen molar-refractivity contribution in [2.45, 2.75) is 32.9 Å². The van der Waals surface area contributed by atoms with E-state index in [1.54, 1.807) is 11.3 Å². The first-order valence-electron chi connectivity index (χ1n) is 9.29. The number of aryl methyl sites for hydroxylation is 1. The van der Waals surface area contributed by atoms with Crippen molar-refractivity contribution < 1.29 is 4.74 Å². The molecular weight excluding hydrogens is 471 g/mol. The fraction of sp³-hybridized carbons (Fsp3) is 0.500. The van der Waals surface area contributed by atoms with E-state index < -0.39 is 0 Å². The number of nitrogens with one attached hydrogen (secondary N) is 1. The van der Waals surface area contributed by atoms with Gasteiger partial charge in [-0.2, -0.15) is 0 Å². The molecule has 1 aromatic carbocycles. The second-order valence-electron chi connectivity index (χ2n) is 6.59. The summed E-state index contributed by atoms with van der Waals surface area (Å²) < 4.78 is 5.91. The summed E-state index contributed by atoms with van der Waals surface area (Å²) in [5.41, 5.74) is 2.32. The average Bonchev–Trinajstić information content (AvgIpc) is 3.33. The molecule has 7 heteroatoms. The van der Waals surface area contributed by atoms with Crippen molar-refractivity contribution in [3.8, 4) is 0 Å². The number of nitrogens with zero attached hydrogens (tertiary/aromatic N) is 3. The van der Waals surface area contributed by atoms with Crippen LogP contribution in [-0.2, 0) is 24.3 Å². The van der Waals surface area contributed by atoms with Crippen molar-refractivity contribution in [1.29, 1.82) is 0 Å². The molecule has 1 aliphatic heterocycles. The molecule has 3 rings (SSSR count). The summed E-state index contributed by atoms with van der Waals surface area (Å²) in [6.07, 6.45) is 2.14. The third-order valence-electron chi connectivity index (χ3n) is 4.59. The molecule has 1 atom stereocenters. The van der Waals surface area contributed by atoms with E-state index in [1.807, 2.05) is 13.1 Å². The first kappa shape index (κ1) is 22.1. The fourth-order valence-corrected chi connectivity index (χ4v) is 3.92. The third kappa shape index (κ3) is 6.73. The van der Waals surface area contributed by atoms with Gasteiger partial charge in [0.05, 0.1) is 30.5 Å². The Labute approximate surface area is 183 Å². The van der Waals surface area contributed by atoms with Crippen molar-refractivity contribution in [3.63, 3.8) is 0 Å². The van der Waals surface area contributed by atoms with E-state index in [0.717, 1.165) is 50.7 Å². The fourth-order valence-electron chi connectivity index (χ4n) is 3.17. The zero-order valence-electron chi connectivity index (χ0n) is 16.1. The molecule has 0 spiro atoms. The number of likely N-dealkylation sites (tertiary alicyclic amines) is 1. The second-order valence-corrected chi connectivity index (χ2v) is 7.53. The van der Waals surface area contributed by atoms with E-state index in [4.69, 9.17) is 4.74 Å². The number of halogens is 1. The van der Waals surface area contributed by atoms with E-state index in [9.17, 15) is 0 Å². The molecule has 1 saturated heterocycles. The lowest BCUT2D eigenvalue weighted by molar-refractivity contribution is 0.0906. The quantitative estimate of drug-likeness (QED) is 0.356. The molecular formula is C20H29IN4OS. The maximum Gasteiger partial charge on any atom is 0.193 e. The van der Waals surface area contributed by atoms with Crippen molar-refractivity contribution in [2.24, 2.45) is 10.9 Å². The van der Waals surface area contributed by atoms with Crippen LogP contribution >= 0.6 is 35.3 Å². The first-order chi connectivity index (χ1) is 12.8. The molecule has 0 amide bonds. The normalized spacial score (nSPS) is 17.0. The van der Waals surface area contributed by atoms with Crippen LogP contribution in [0.25, 0.3) is 0 Å². The molecule has 0 radical (unpaired) electrons. The Morgan fingerprint density at radius 1 is 1.37 bits per heavy atom. The number of rotatable bonds is 7. The van der Waals surface area contributed by atoms with Gasteiger partial charge in [-0.15, -0.1) is 35.3 Å². The molecule has 2 heterocycles. The molecule has 27 heavy (non-hydrogen) atoms. The van der Waals surface area contributed by atoms with Gasteiger partial charge in [-0.3, -0.25) is 4.99 Å². The molecule has 1 fully saturated rings. The lowest BCUT2D eigenvalue weighted by Gasteiger charge is -2.21. The Balaban J connectivity index is 0.00000261.